The van der Waals surface area contributed by atoms with Crippen LogP contribution in [-0.4, -0.2) is 47.8 Å². The van der Waals surface area contributed by atoms with Crippen LogP contribution in [0.15, 0.2) is 18.3 Å². The Balaban J connectivity index is 2.30. The van der Waals surface area contributed by atoms with Crippen LogP contribution in [0.4, 0.5) is 0 Å². The van der Waals surface area contributed by atoms with Gasteiger partial charge in [0.2, 0.25) is 0 Å². The maximum absolute atomic E-state index is 12.0. The molecule has 3 N–H and O–H groups in total. The van der Waals surface area contributed by atoms with Crippen molar-refractivity contribution in [3.63, 3.8) is 0 Å². The first kappa shape index (κ1) is 20.6. The van der Waals surface area contributed by atoms with Crippen LogP contribution in [0.2, 0.25) is 0 Å². The number of hydrogen-bond acceptors (Lipinski definition) is 6. The molecule has 0 saturated carbocycles. The van der Waals surface area contributed by atoms with Gasteiger partial charge in [0.15, 0.2) is 0 Å². The smallest absolute Gasteiger partial charge is 0.273 e. The molecule has 1 rings (SSSR count). The van der Waals surface area contributed by atoms with Crippen LogP contribution in [0.3, 0.4) is 0 Å². The second-order valence-corrected chi connectivity index (χ2v) is 7.23. The van der Waals surface area contributed by atoms with Gasteiger partial charge in [-0.3, -0.25) is 4.79 Å². The number of nitrogens with zero attached hydrogens (tertiary/aromatic N) is 1. The lowest BCUT2D eigenvalue weighted by molar-refractivity contribution is 0.0958. The molecule has 136 valence electrons. The van der Waals surface area contributed by atoms with Gasteiger partial charge in [0.25, 0.3) is 11.1 Å². The van der Waals surface area contributed by atoms with Gasteiger partial charge in [-0.1, -0.05) is 51.2 Å². The van der Waals surface area contributed by atoms with Gasteiger partial charge >= 0.3 is 0 Å². The third-order valence-electron chi connectivity index (χ3n) is 2.99. The van der Waals surface area contributed by atoms with Crippen LogP contribution >= 0.6 is 11.3 Å². The quantitative estimate of drug-likeness (QED) is 0.419. The largest absolute Gasteiger partial charge is 0.467 e. The molecule has 0 aliphatic rings. The fourth-order valence-corrected chi connectivity index (χ4v) is 2.44. The molecule has 1 amide bonds. The molecule has 0 saturated heterocycles. The van der Waals surface area contributed by atoms with Gasteiger partial charge in [-0.05, 0) is 12.3 Å². The number of carbonyl (C=O) groups excluding carboxylic acids is 1. The number of hydrogen-bond donors (Lipinski definition) is 3. The van der Waals surface area contributed by atoms with Crippen molar-refractivity contribution >= 4 is 17.2 Å². The highest BCUT2D eigenvalue weighted by Gasteiger charge is 2.12. The zero-order chi connectivity index (χ0) is 17.9. The molecule has 24 heavy (non-hydrogen) atoms. The van der Waals surface area contributed by atoms with Crippen molar-refractivity contribution in [3.05, 3.63) is 23.2 Å². The van der Waals surface area contributed by atoms with E-state index in [1.165, 1.54) is 17.5 Å². The molecule has 0 aliphatic carbocycles. The van der Waals surface area contributed by atoms with Crippen molar-refractivity contribution in [2.24, 2.45) is 5.92 Å². The molecule has 6 nitrogen and oxygen atoms in total. The van der Waals surface area contributed by atoms with Gasteiger partial charge in [0.05, 0.1) is 6.20 Å². The highest BCUT2D eigenvalue weighted by Crippen LogP contribution is 2.20. The number of allylic oxidation sites excluding steroid dienone is 1. The standard InChI is InChI=1S/C17H29N3O3S/c1-12(2)7-5-6-8-18-16(22)15-10-20-17(24-15)23-11-14(21)9-19-13(3)4/h5,7,10,12-14,19,21H,6,8-9,11H2,1-4H3,(H,18,22)/b7-5+. The second-order valence-electron chi connectivity index (χ2n) is 6.23. The number of ether oxygens (including phenoxy) is 1. The lowest BCUT2D eigenvalue weighted by Gasteiger charge is -2.13. The Kier molecular flexibility index (Phi) is 9.59. The number of carbonyl (C=O) groups is 1. The topological polar surface area (TPSA) is 83.5 Å². The first-order valence-corrected chi connectivity index (χ1v) is 9.15. The van der Waals surface area contributed by atoms with Gasteiger partial charge in [0.1, 0.15) is 17.6 Å². The molecule has 1 aromatic heterocycles. The monoisotopic (exact) mass is 355 g/mol. The Labute approximate surface area is 148 Å². The van der Waals surface area contributed by atoms with E-state index in [1.54, 1.807) is 0 Å². The summed E-state index contributed by atoms with van der Waals surface area (Å²) in [6.45, 7) is 9.45. The molecule has 0 spiro atoms. The highest BCUT2D eigenvalue weighted by molar-refractivity contribution is 7.15. The maximum atomic E-state index is 12.0. The van der Waals surface area contributed by atoms with E-state index in [0.29, 0.717) is 35.1 Å². The van der Waals surface area contributed by atoms with E-state index in [4.69, 9.17) is 4.74 Å². The van der Waals surface area contributed by atoms with Crippen molar-refractivity contribution in [1.82, 2.24) is 15.6 Å². The predicted molar refractivity (Wildman–Crippen MR) is 97.7 cm³/mol. The molecule has 1 atom stereocenters. The third kappa shape index (κ3) is 9.00. The number of nitrogens with one attached hydrogen (secondary N) is 2. The van der Waals surface area contributed by atoms with E-state index in [-0.39, 0.29) is 12.5 Å². The zero-order valence-electron chi connectivity index (χ0n) is 14.9. The predicted octanol–water partition coefficient (Wildman–Crippen LogP) is 2.21. The second kappa shape index (κ2) is 11.2. The number of aliphatic hydroxyl groups excluding tert-OH is 1. The van der Waals surface area contributed by atoms with E-state index in [9.17, 15) is 9.90 Å². The van der Waals surface area contributed by atoms with Crippen molar-refractivity contribution in [3.8, 4) is 5.19 Å². The normalized spacial score (nSPS) is 13.0. The van der Waals surface area contributed by atoms with Crippen molar-refractivity contribution in [2.45, 2.75) is 46.3 Å². The Morgan fingerprint density at radius 1 is 1.42 bits per heavy atom. The molecule has 0 fully saturated rings. The lowest BCUT2D eigenvalue weighted by Crippen LogP contribution is -2.35. The SMILES string of the molecule is CC(C)/C=C/CCNC(=O)c1cnc(OCC(O)CNC(C)C)s1. The number of rotatable bonds is 11. The summed E-state index contributed by atoms with van der Waals surface area (Å²) in [4.78, 5) is 16.6. The molecule has 0 bridgehead atoms. The zero-order valence-corrected chi connectivity index (χ0v) is 15.7. The van der Waals surface area contributed by atoms with Gasteiger partial charge in [-0.15, -0.1) is 0 Å². The fourth-order valence-electron chi connectivity index (χ4n) is 1.75. The summed E-state index contributed by atoms with van der Waals surface area (Å²) in [6, 6.07) is 0.310. The fraction of sp³-hybridized carbons (Fsp3) is 0.647. The summed E-state index contributed by atoms with van der Waals surface area (Å²) in [5.41, 5.74) is 0. The average molecular weight is 356 g/mol. The van der Waals surface area contributed by atoms with Crippen LogP contribution in [0.25, 0.3) is 0 Å². The number of amides is 1. The van der Waals surface area contributed by atoms with E-state index >= 15 is 0 Å². The third-order valence-corrected chi connectivity index (χ3v) is 3.90. The minimum Gasteiger partial charge on any atom is -0.467 e. The molecule has 0 radical (unpaired) electrons. The number of aromatic nitrogens is 1. The minimum absolute atomic E-state index is 0.147. The lowest BCUT2D eigenvalue weighted by atomic mass is 10.2. The van der Waals surface area contributed by atoms with Crippen LogP contribution in [0.1, 0.15) is 43.8 Å². The molecule has 7 heteroatoms. The van der Waals surface area contributed by atoms with E-state index in [2.05, 4.69) is 41.6 Å². The maximum Gasteiger partial charge on any atom is 0.273 e. The van der Waals surface area contributed by atoms with Crippen molar-refractivity contribution in [1.29, 1.82) is 0 Å². The van der Waals surface area contributed by atoms with Crippen molar-refractivity contribution in [2.75, 3.05) is 19.7 Å². The Morgan fingerprint density at radius 3 is 2.83 bits per heavy atom. The molecule has 0 aliphatic heterocycles. The summed E-state index contributed by atoms with van der Waals surface area (Å²) in [6.07, 6.45) is 5.88. The summed E-state index contributed by atoms with van der Waals surface area (Å²) in [5.74, 6) is 0.371. The molecule has 1 aromatic rings. The van der Waals surface area contributed by atoms with Crippen LogP contribution in [0, 0.1) is 5.92 Å². The minimum atomic E-state index is -0.610. The highest BCUT2D eigenvalue weighted by atomic mass is 32.1. The van der Waals surface area contributed by atoms with Gasteiger partial charge in [-0.25, -0.2) is 4.98 Å². The Morgan fingerprint density at radius 2 is 2.17 bits per heavy atom. The Hall–Kier alpha value is -1.44. The molecular formula is C17H29N3O3S. The number of thiazole rings is 1. The summed E-state index contributed by atoms with van der Waals surface area (Å²) in [7, 11) is 0. The van der Waals surface area contributed by atoms with Gasteiger partial charge < -0.3 is 20.5 Å². The molecule has 1 unspecified atom stereocenters. The van der Waals surface area contributed by atoms with Gasteiger partial charge in [-0.2, -0.15) is 0 Å². The van der Waals surface area contributed by atoms with Crippen LogP contribution in [0.5, 0.6) is 5.19 Å². The molecular weight excluding hydrogens is 326 g/mol. The summed E-state index contributed by atoms with van der Waals surface area (Å²) < 4.78 is 5.43. The molecule has 1 heterocycles. The van der Waals surface area contributed by atoms with E-state index < -0.39 is 6.10 Å². The summed E-state index contributed by atoms with van der Waals surface area (Å²) >= 11 is 1.18. The summed E-state index contributed by atoms with van der Waals surface area (Å²) in [5, 5.41) is 16.2. The first-order chi connectivity index (χ1) is 11.4. The number of aliphatic hydroxyl groups is 1. The van der Waals surface area contributed by atoms with Crippen molar-refractivity contribution < 1.29 is 14.6 Å². The first-order valence-electron chi connectivity index (χ1n) is 8.33. The Bertz CT molecular complexity index is 515. The van der Waals surface area contributed by atoms with Crippen LogP contribution in [-0.2, 0) is 0 Å². The van der Waals surface area contributed by atoms with Crippen LogP contribution < -0.4 is 15.4 Å². The van der Waals surface area contributed by atoms with E-state index in [0.717, 1.165) is 6.42 Å². The molecule has 0 aromatic carbocycles. The average Bonchev–Trinajstić information content (AvgIpc) is 2.99. The van der Waals surface area contributed by atoms with Gasteiger partial charge in [0, 0.05) is 19.1 Å². The van der Waals surface area contributed by atoms with E-state index in [1.807, 2.05) is 13.8 Å².